The lowest BCUT2D eigenvalue weighted by atomic mass is 10.2. The average Bonchev–Trinajstić information content (AvgIpc) is 3.13. The number of benzene rings is 2. The Morgan fingerprint density at radius 2 is 1.81 bits per heavy atom. The van der Waals surface area contributed by atoms with E-state index in [0.29, 0.717) is 24.9 Å². The number of anilines is 1. The second-order valence-corrected chi connectivity index (χ2v) is 6.58. The van der Waals surface area contributed by atoms with Crippen LogP contribution in [0.15, 0.2) is 59.0 Å². The van der Waals surface area contributed by atoms with Gasteiger partial charge in [-0.25, -0.2) is 0 Å². The van der Waals surface area contributed by atoms with Crippen molar-refractivity contribution >= 4 is 11.6 Å². The third kappa shape index (κ3) is 5.24. The molecular weight excluding hydrogens is 340 g/mol. The summed E-state index contributed by atoms with van der Waals surface area (Å²) < 4.78 is 5.79. The smallest absolute Gasteiger partial charge is 0.279 e. The number of amides is 1. The van der Waals surface area contributed by atoms with Crippen LogP contribution in [0.5, 0.6) is 0 Å². The summed E-state index contributed by atoms with van der Waals surface area (Å²) in [5.74, 6) is 1.03. The molecule has 27 heavy (non-hydrogen) atoms. The normalized spacial score (nSPS) is 11.9. The molecule has 2 aromatic carbocycles. The molecule has 0 saturated heterocycles. The highest BCUT2D eigenvalue weighted by molar-refractivity contribution is 5.92. The number of quaternary nitrogens is 1. The SMILES string of the molecule is CCC[NH+](CC(=O)Nc1ccccc1C)Cc1nnc(-c2ccccc2)o1. The van der Waals surface area contributed by atoms with E-state index in [1.165, 1.54) is 0 Å². The summed E-state index contributed by atoms with van der Waals surface area (Å²) in [6.45, 7) is 5.81. The van der Waals surface area contributed by atoms with E-state index in [1.807, 2.05) is 61.5 Å². The Labute approximate surface area is 159 Å². The summed E-state index contributed by atoms with van der Waals surface area (Å²) in [7, 11) is 0. The zero-order valence-electron chi connectivity index (χ0n) is 15.7. The number of hydrogen-bond acceptors (Lipinski definition) is 4. The second kappa shape index (κ2) is 9.09. The largest absolute Gasteiger partial charge is 0.415 e. The molecule has 140 valence electrons. The highest BCUT2D eigenvalue weighted by atomic mass is 16.4. The highest BCUT2D eigenvalue weighted by Crippen LogP contribution is 2.16. The lowest BCUT2D eigenvalue weighted by Gasteiger charge is -2.17. The van der Waals surface area contributed by atoms with Crippen molar-refractivity contribution in [1.82, 2.24) is 10.2 Å². The summed E-state index contributed by atoms with van der Waals surface area (Å²) in [6.07, 6.45) is 0.965. The first-order valence-electron chi connectivity index (χ1n) is 9.22. The topological polar surface area (TPSA) is 72.5 Å². The van der Waals surface area contributed by atoms with Crippen LogP contribution in [0.3, 0.4) is 0 Å². The van der Waals surface area contributed by atoms with Crippen LogP contribution in [-0.4, -0.2) is 29.2 Å². The van der Waals surface area contributed by atoms with Gasteiger partial charge in [0.15, 0.2) is 13.1 Å². The second-order valence-electron chi connectivity index (χ2n) is 6.58. The molecule has 0 aliphatic heterocycles. The van der Waals surface area contributed by atoms with Crippen molar-refractivity contribution in [3.8, 4) is 11.5 Å². The fourth-order valence-corrected chi connectivity index (χ4v) is 2.96. The third-order valence-corrected chi connectivity index (χ3v) is 4.32. The van der Waals surface area contributed by atoms with Crippen molar-refractivity contribution in [1.29, 1.82) is 0 Å². The minimum atomic E-state index is -0.0180. The molecule has 0 bridgehead atoms. The molecule has 0 aliphatic rings. The van der Waals surface area contributed by atoms with E-state index < -0.39 is 0 Å². The first-order chi connectivity index (χ1) is 13.2. The van der Waals surface area contributed by atoms with E-state index in [9.17, 15) is 4.79 Å². The van der Waals surface area contributed by atoms with Crippen LogP contribution in [0.4, 0.5) is 5.69 Å². The van der Waals surface area contributed by atoms with Gasteiger partial charge in [0.2, 0.25) is 5.89 Å². The summed E-state index contributed by atoms with van der Waals surface area (Å²) in [6, 6.07) is 17.5. The Hall–Kier alpha value is -2.99. The molecule has 1 atom stereocenters. The zero-order chi connectivity index (χ0) is 19.1. The number of para-hydroxylation sites is 1. The Balaban J connectivity index is 1.63. The monoisotopic (exact) mass is 365 g/mol. The Kier molecular flexibility index (Phi) is 6.33. The number of rotatable bonds is 8. The molecule has 3 rings (SSSR count). The standard InChI is InChI=1S/C21H24N4O2/c1-3-13-25(14-19(26)22-18-12-8-7-9-16(18)2)15-20-23-24-21(27-20)17-10-5-4-6-11-17/h4-12H,3,13-15H2,1-2H3,(H,22,26)/p+1. The molecule has 1 amide bonds. The van der Waals surface area contributed by atoms with E-state index in [0.717, 1.165) is 34.7 Å². The van der Waals surface area contributed by atoms with Gasteiger partial charge in [-0.15, -0.1) is 10.2 Å². The summed E-state index contributed by atoms with van der Waals surface area (Å²) in [5, 5.41) is 11.3. The average molecular weight is 365 g/mol. The first kappa shape index (κ1) is 18.8. The summed E-state index contributed by atoms with van der Waals surface area (Å²) in [5.41, 5.74) is 2.79. The maximum Gasteiger partial charge on any atom is 0.279 e. The van der Waals surface area contributed by atoms with Crippen LogP contribution >= 0.6 is 0 Å². The fourth-order valence-electron chi connectivity index (χ4n) is 2.96. The van der Waals surface area contributed by atoms with Crippen LogP contribution < -0.4 is 10.2 Å². The number of aryl methyl sites for hydroxylation is 1. The molecular formula is C21H25N4O2+. The van der Waals surface area contributed by atoms with Gasteiger partial charge in [0.25, 0.3) is 11.8 Å². The van der Waals surface area contributed by atoms with Crippen LogP contribution in [0.1, 0.15) is 24.8 Å². The van der Waals surface area contributed by atoms with E-state index in [4.69, 9.17) is 4.42 Å². The maximum atomic E-state index is 12.5. The minimum Gasteiger partial charge on any atom is -0.415 e. The summed E-state index contributed by atoms with van der Waals surface area (Å²) in [4.78, 5) is 13.6. The van der Waals surface area contributed by atoms with Crippen LogP contribution in [-0.2, 0) is 11.3 Å². The molecule has 0 saturated carbocycles. The molecule has 0 radical (unpaired) electrons. The number of carbonyl (C=O) groups excluding carboxylic acids is 1. The molecule has 1 heterocycles. The number of nitrogens with zero attached hydrogens (tertiary/aromatic N) is 2. The van der Waals surface area contributed by atoms with E-state index in [2.05, 4.69) is 22.4 Å². The van der Waals surface area contributed by atoms with E-state index >= 15 is 0 Å². The maximum absolute atomic E-state index is 12.5. The molecule has 0 aliphatic carbocycles. The van der Waals surface area contributed by atoms with Gasteiger partial charge in [-0.3, -0.25) is 4.79 Å². The van der Waals surface area contributed by atoms with Crippen molar-refractivity contribution in [3.63, 3.8) is 0 Å². The van der Waals surface area contributed by atoms with E-state index in [1.54, 1.807) is 0 Å². The van der Waals surface area contributed by atoms with Crippen molar-refractivity contribution in [2.24, 2.45) is 0 Å². The molecule has 1 unspecified atom stereocenters. The zero-order valence-corrected chi connectivity index (χ0v) is 15.7. The van der Waals surface area contributed by atoms with Gasteiger partial charge < -0.3 is 14.6 Å². The summed E-state index contributed by atoms with van der Waals surface area (Å²) >= 11 is 0. The van der Waals surface area contributed by atoms with Gasteiger partial charge in [-0.1, -0.05) is 43.3 Å². The number of nitrogens with one attached hydrogen (secondary N) is 2. The Bertz CT molecular complexity index is 877. The van der Waals surface area contributed by atoms with Crippen molar-refractivity contribution < 1.29 is 14.1 Å². The lowest BCUT2D eigenvalue weighted by Crippen LogP contribution is -3.11. The molecule has 3 aromatic rings. The fraction of sp³-hybridized carbons (Fsp3) is 0.286. The molecule has 0 spiro atoms. The predicted octanol–water partition coefficient (Wildman–Crippen LogP) is 2.48. The molecule has 1 aromatic heterocycles. The van der Waals surface area contributed by atoms with E-state index in [-0.39, 0.29) is 5.91 Å². The van der Waals surface area contributed by atoms with Crippen molar-refractivity contribution in [2.75, 3.05) is 18.4 Å². The van der Waals surface area contributed by atoms with Crippen LogP contribution in [0.25, 0.3) is 11.5 Å². The third-order valence-electron chi connectivity index (χ3n) is 4.32. The van der Waals surface area contributed by atoms with Gasteiger partial charge >= 0.3 is 0 Å². The van der Waals surface area contributed by atoms with Gasteiger partial charge in [0.1, 0.15) is 0 Å². The minimum absolute atomic E-state index is 0.0180. The Morgan fingerprint density at radius 1 is 1.07 bits per heavy atom. The van der Waals surface area contributed by atoms with Gasteiger partial charge in [0.05, 0.1) is 6.54 Å². The lowest BCUT2D eigenvalue weighted by molar-refractivity contribution is -0.907. The molecule has 2 N–H and O–H groups in total. The Morgan fingerprint density at radius 3 is 2.56 bits per heavy atom. The van der Waals surface area contributed by atoms with Crippen LogP contribution in [0, 0.1) is 6.92 Å². The van der Waals surface area contributed by atoms with Gasteiger partial charge in [-0.2, -0.15) is 0 Å². The van der Waals surface area contributed by atoms with Gasteiger partial charge in [0, 0.05) is 11.3 Å². The molecule has 6 nitrogen and oxygen atoms in total. The number of carbonyl (C=O) groups is 1. The molecule has 0 fully saturated rings. The van der Waals surface area contributed by atoms with Crippen LogP contribution in [0.2, 0.25) is 0 Å². The van der Waals surface area contributed by atoms with Crippen molar-refractivity contribution in [2.45, 2.75) is 26.8 Å². The predicted molar refractivity (Wildman–Crippen MR) is 104 cm³/mol. The quantitative estimate of drug-likeness (QED) is 0.643. The van der Waals surface area contributed by atoms with Crippen molar-refractivity contribution in [3.05, 3.63) is 66.1 Å². The first-order valence-corrected chi connectivity index (χ1v) is 9.22. The highest BCUT2D eigenvalue weighted by Gasteiger charge is 2.19. The number of hydrogen-bond donors (Lipinski definition) is 2. The van der Waals surface area contributed by atoms with Gasteiger partial charge in [-0.05, 0) is 37.1 Å². The molecule has 6 heteroatoms. The number of aromatic nitrogens is 2.